The lowest BCUT2D eigenvalue weighted by molar-refractivity contribution is -0.696. The van der Waals surface area contributed by atoms with Gasteiger partial charge < -0.3 is 22.7 Å². The molecule has 0 amide bonds. The van der Waals surface area contributed by atoms with Crippen molar-refractivity contribution in [1.29, 1.82) is 0 Å². The van der Waals surface area contributed by atoms with Crippen LogP contribution in [0.25, 0.3) is 66.4 Å². The van der Waals surface area contributed by atoms with Crippen molar-refractivity contribution in [2.45, 2.75) is 120 Å². The largest absolute Gasteiger partial charge is 0.437 e. The van der Waals surface area contributed by atoms with Gasteiger partial charge in [0.05, 0.1) is 18.7 Å². The van der Waals surface area contributed by atoms with Gasteiger partial charge in [0.2, 0.25) is 25.3 Å². The van der Waals surface area contributed by atoms with Crippen LogP contribution >= 0.6 is 0 Å². The third kappa shape index (κ3) is 7.98. The lowest BCUT2D eigenvalue weighted by Gasteiger charge is -2.54. The minimum atomic E-state index is -0.992. The van der Waals surface area contributed by atoms with Crippen LogP contribution in [0.3, 0.4) is 0 Å². The zero-order valence-corrected chi connectivity index (χ0v) is 45.3. The highest BCUT2D eigenvalue weighted by Gasteiger charge is 2.52. The molecule has 6 aromatic heterocycles. The molecule has 0 atom stereocenters. The van der Waals surface area contributed by atoms with Crippen molar-refractivity contribution in [2.75, 3.05) is 0 Å². The molecular formula is C67H69B2N10+. The molecule has 4 aliphatic heterocycles. The topological polar surface area (TPSA) is 54.1 Å². The van der Waals surface area contributed by atoms with E-state index in [1.165, 1.54) is 149 Å². The van der Waals surface area contributed by atoms with Gasteiger partial charge in [-0.2, -0.15) is 0 Å². The molecule has 12 aromatic rings. The first-order valence-electron chi connectivity index (χ1n) is 29.9. The number of nitrogens with zero attached hydrogens (tertiary/aromatic N) is 10. The zero-order valence-electron chi connectivity index (χ0n) is 45.3. The van der Waals surface area contributed by atoms with Crippen LogP contribution in [0, 0.1) is 0 Å². The molecule has 6 aromatic carbocycles. The molecule has 4 saturated heterocycles. The first kappa shape index (κ1) is 46.9. The predicted octanol–water partition coefficient (Wildman–Crippen LogP) is 13.2. The normalized spacial score (nSPS) is 22.2. The monoisotopic (exact) mass is 1040 g/mol. The number of imidazole rings is 4. The third-order valence-corrected chi connectivity index (χ3v) is 20.8. The number of hydrogen-bond donors (Lipinski definition) is 0. The highest BCUT2D eigenvalue weighted by atomic mass is 15.2. The Morgan fingerprint density at radius 2 is 0.911 bits per heavy atom. The Bertz CT molecular complexity index is 4160. The van der Waals surface area contributed by atoms with Gasteiger partial charge in [-0.05, 0) is 83.9 Å². The zero-order chi connectivity index (χ0) is 52.0. The molecule has 10 heterocycles. The van der Waals surface area contributed by atoms with E-state index in [1.54, 1.807) is 0 Å². The second-order valence-corrected chi connectivity index (χ2v) is 24.8. The fourth-order valence-electron chi connectivity index (χ4n) is 17.2. The van der Waals surface area contributed by atoms with E-state index >= 15 is 0 Å². The van der Waals surface area contributed by atoms with Gasteiger partial charge in [0.15, 0.2) is 6.85 Å². The van der Waals surface area contributed by atoms with Gasteiger partial charge >= 0.3 is 0 Å². The van der Waals surface area contributed by atoms with Gasteiger partial charge in [-0.25, -0.2) is 18.7 Å². The molecule has 0 saturated carbocycles. The van der Waals surface area contributed by atoms with E-state index in [2.05, 4.69) is 236 Å². The van der Waals surface area contributed by atoms with Crippen molar-refractivity contribution in [2.24, 2.45) is 0 Å². The average Bonchev–Trinajstić information content (AvgIpc) is 4.57. The van der Waals surface area contributed by atoms with Crippen LogP contribution in [0.2, 0.25) is 23.3 Å². The summed E-state index contributed by atoms with van der Waals surface area (Å²) in [6, 6.07) is 50.1. The molecule has 12 heteroatoms. The van der Waals surface area contributed by atoms with Crippen LogP contribution in [-0.4, -0.2) is 45.5 Å². The Hall–Kier alpha value is -8.11. The molecule has 0 spiro atoms. The molecule has 4 bridgehead atoms. The standard InChI is InChI=1S/C67H69B2N10/c1-3-11-50(12-4-1)43-78-64-27-23-56(72-32-31-70-46-72)39-60(64)63-42-59(26-30-67(63)78)75-36-38-77(49-75)69(54-19-9-20-55(69)22-10-21-54)45-71-33-34-73(47-71)57-24-28-65-61(40-57)62-41-58(25-29-66(62)79(65)44-51-13-5-2-6-14-51)74-35-37-76(48-74)68-52-15-7-16-53(68)18-8-17-52/h1-6,11-14,23-42,46-49,52-55,68H,7-10,15-22,43-45H2/q+1. The van der Waals surface area contributed by atoms with Gasteiger partial charge in [-0.15, -0.1) is 23.3 Å². The lowest BCUT2D eigenvalue weighted by atomic mass is 9.16. The second kappa shape index (κ2) is 19.1. The van der Waals surface area contributed by atoms with Crippen LogP contribution in [0.1, 0.15) is 88.2 Å². The summed E-state index contributed by atoms with van der Waals surface area (Å²) in [6.07, 6.45) is 43.6. The highest BCUT2D eigenvalue weighted by molar-refractivity contribution is 6.73. The summed E-state index contributed by atoms with van der Waals surface area (Å²) >= 11 is 0. The summed E-state index contributed by atoms with van der Waals surface area (Å²) in [6.45, 7) is 1.25. The van der Waals surface area contributed by atoms with E-state index in [-0.39, 0.29) is 0 Å². The van der Waals surface area contributed by atoms with Gasteiger partial charge in [-0.1, -0.05) is 138 Å². The van der Waals surface area contributed by atoms with E-state index < -0.39 is 13.1 Å². The summed E-state index contributed by atoms with van der Waals surface area (Å²) in [7, 11) is 0. The number of benzene rings is 6. The second-order valence-electron chi connectivity index (χ2n) is 24.8. The van der Waals surface area contributed by atoms with Crippen molar-refractivity contribution in [1.82, 2.24) is 32.4 Å². The van der Waals surface area contributed by atoms with E-state index in [9.17, 15) is 0 Å². The highest BCUT2D eigenvalue weighted by Crippen LogP contribution is 2.52. The molecule has 0 radical (unpaired) electrons. The number of hydrogen-bond acceptors (Lipinski definition) is 1. The van der Waals surface area contributed by atoms with E-state index in [0.717, 1.165) is 36.9 Å². The van der Waals surface area contributed by atoms with Crippen molar-refractivity contribution >= 4 is 56.7 Å². The van der Waals surface area contributed by atoms with Gasteiger partial charge in [0.25, 0.3) is 0 Å². The summed E-state index contributed by atoms with van der Waals surface area (Å²) in [4.78, 5) is 4.37. The molecule has 4 aliphatic rings. The smallest absolute Gasteiger partial charge is 0.245 e. The summed E-state index contributed by atoms with van der Waals surface area (Å²) < 4.78 is 22.2. The van der Waals surface area contributed by atoms with Crippen molar-refractivity contribution in [3.05, 3.63) is 219 Å². The van der Waals surface area contributed by atoms with E-state index in [1.807, 2.05) is 18.7 Å². The Kier molecular flexibility index (Phi) is 11.3. The van der Waals surface area contributed by atoms with Crippen molar-refractivity contribution in [3.63, 3.8) is 0 Å². The Morgan fingerprint density at radius 3 is 1.42 bits per heavy atom. The van der Waals surface area contributed by atoms with Gasteiger partial charge in [0.1, 0.15) is 41.8 Å². The molecule has 79 heavy (non-hydrogen) atoms. The molecule has 392 valence electrons. The van der Waals surface area contributed by atoms with E-state index in [4.69, 9.17) is 0 Å². The number of rotatable bonds is 12. The Morgan fingerprint density at radius 1 is 0.456 bits per heavy atom. The molecular weight excluding hydrogens is 966 g/mol. The molecule has 0 unspecified atom stereocenters. The SMILES string of the molecule is c1ccc(Cn2c3ccc(-n4cc[n+](C[B-]5([n+]6ccn(-c7ccc8c(c7)c7cc(-n9ccnc9)ccc7n8Cc7ccccc7)c6)C6CCCC5CCC6)c4)cc3c3cc(-n4cc[n+]([BH-]5C6CCCC5CCC6)c4)ccc32)cc1. The number of aromatic nitrogens is 10. The Balaban J connectivity index is 0.747. The minimum absolute atomic E-state index is 0.392. The van der Waals surface area contributed by atoms with Crippen LogP contribution < -0.4 is 13.5 Å². The van der Waals surface area contributed by atoms with Crippen LogP contribution in [0.5, 0.6) is 0 Å². The van der Waals surface area contributed by atoms with Crippen LogP contribution in [0.15, 0.2) is 208 Å². The van der Waals surface area contributed by atoms with Crippen LogP contribution in [0.4, 0.5) is 0 Å². The average molecular weight is 1040 g/mol. The fourth-order valence-corrected chi connectivity index (χ4v) is 17.2. The maximum atomic E-state index is 4.37. The van der Waals surface area contributed by atoms with Gasteiger partial charge in [0, 0.05) is 81.2 Å². The first-order valence-corrected chi connectivity index (χ1v) is 29.9. The lowest BCUT2D eigenvalue weighted by Crippen LogP contribution is -2.76. The summed E-state index contributed by atoms with van der Waals surface area (Å²) in [5.74, 6) is 3.14. The number of fused-ring (bicyclic) bond motifs is 10. The minimum Gasteiger partial charge on any atom is -0.437 e. The van der Waals surface area contributed by atoms with Crippen LogP contribution in [-0.2, 0) is 19.5 Å². The molecule has 16 rings (SSSR count). The molecule has 0 aliphatic carbocycles. The fraction of sp³-hybridized carbons (Fsp3) is 0.284. The first-order chi connectivity index (χ1) is 39.1. The summed E-state index contributed by atoms with van der Waals surface area (Å²) in [5, 5.41) is 5.13. The quantitative estimate of drug-likeness (QED) is 0.0888. The van der Waals surface area contributed by atoms with Crippen molar-refractivity contribution < 1.29 is 13.5 Å². The maximum absolute atomic E-state index is 4.37. The predicted molar refractivity (Wildman–Crippen MR) is 320 cm³/mol. The Labute approximate surface area is 462 Å². The molecule has 10 nitrogen and oxygen atoms in total. The third-order valence-electron chi connectivity index (χ3n) is 20.8. The summed E-state index contributed by atoms with van der Waals surface area (Å²) in [5.41, 5.74) is 12.4. The van der Waals surface area contributed by atoms with Crippen molar-refractivity contribution in [3.8, 4) is 22.7 Å². The maximum Gasteiger partial charge on any atom is 0.245 e. The van der Waals surface area contributed by atoms with Gasteiger partial charge in [-0.3, -0.25) is 4.57 Å². The van der Waals surface area contributed by atoms with E-state index in [0.29, 0.717) is 11.6 Å². The molecule has 0 N–H and O–H groups in total. The molecule has 4 fully saturated rings.